The third-order valence-electron chi connectivity index (χ3n) is 4.00. The van der Waals surface area contributed by atoms with Crippen molar-refractivity contribution in [2.75, 3.05) is 0 Å². The average Bonchev–Trinajstić information content (AvgIpc) is 2.41. The van der Waals surface area contributed by atoms with Gasteiger partial charge in [0.2, 0.25) is 0 Å². The minimum absolute atomic E-state index is 0.430. The Kier molecular flexibility index (Phi) is 7.27. The maximum absolute atomic E-state index is 11.5. The van der Waals surface area contributed by atoms with Gasteiger partial charge in [-0.15, -0.1) is 0 Å². The van der Waals surface area contributed by atoms with Gasteiger partial charge in [0.1, 0.15) is 0 Å². The van der Waals surface area contributed by atoms with Crippen LogP contribution in [0.5, 0.6) is 0 Å². The molecule has 112 valence electrons. The van der Waals surface area contributed by atoms with Crippen LogP contribution in [0.15, 0.2) is 18.3 Å². The standard InChI is InChI=1S/C17H27NO2/c1-4-5-6-7-8-9-12-16(17(19)20)18-13-10-11-14(2)15(18)3/h10-11,13,16H,4-9,12H2,1-3H3/p+1. The minimum atomic E-state index is -0.725. The van der Waals surface area contributed by atoms with E-state index in [4.69, 9.17) is 0 Å². The molecule has 1 heterocycles. The fraction of sp³-hybridized carbons (Fsp3) is 0.647. The maximum atomic E-state index is 11.5. The molecule has 0 bridgehead atoms. The third kappa shape index (κ3) is 4.95. The molecule has 1 N–H and O–H groups in total. The Bertz CT molecular complexity index is 429. The van der Waals surface area contributed by atoms with Crippen LogP contribution in [0.1, 0.15) is 69.2 Å². The van der Waals surface area contributed by atoms with Crippen molar-refractivity contribution in [2.24, 2.45) is 0 Å². The molecule has 0 radical (unpaired) electrons. The van der Waals surface area contributed by atoms with E-state index in [0.717, 1.165) is 30.5 Å². The van der Waals surface area contributed by atoms with Crippen LogP contribution in [-0.2, 0) is 4.79 Å². The van der Waals surface area contributed by atoms with Gasteiger partial charge < -0.3 is 5.11 Å². The number of hydrogen-bond donors (Lipinski definition) is 1. The number of hydrogen-bond acceptors (Lipinski definition) is 1. The second kappa shape index (κ2) is 8.72. The molecule has 0 aliphatic heterocycles. The van der Waals surface area contributed by atoms with Gasteiger partial charge in [-0.3, -0.25) is 0 Å². The molecule has 0 saturated carbocycles. The number of carbonyl (C=O) groups is 1. The van der Waals surface area contributed by atoms with E-state index < -0.39 is 12.0 Å². The number of aliphatic carboxylic acids is 1. The first-order valence-electron chi connectivity index (χ1n) is 7.78. The van der Waals surface area contributed by atoms with Crippen LogP contribution in [0, 0.1) is 13.8 Å². The Balaban J connectivity index is 2.57. The van der Waals surface area contributed by atoms with Crippen LogP contribution >= 0.6 is 0 Å². The number of carboxylic acid groups (broad SMARTS) is 1. The van der Waals surface area contributed by atoms with Gasteiger partial charge >= 0.3 is 5.97 Å². The quantitative estimate of drug-likeness (QED) is 0.548. The summed E-state index contributed by atoms with van der Waals surface area (Å²) in [5.74, 6) is -0.725. The lowest BCUT2D eigenvalue weighted by Gasteiger charge is -2.11. The molecule has 0 saturated heterocycles. The van der Waals surface area contributed by atoms with Crippen LogP contribution in [0.2, 0.25) is 0 Å². The van der Waals surface area contributed by atoms with Gasteiger partial charge in [-0.2, -0.15) is 4.57 Å². The number of aryl methyl sites for hydroxylation is 1. The second-order valence-electron chi connectivity index (χ2n) is 5.59. The Morgan fingerprint density at radius 3 is 2.50 bits per heavy atom. The molecule has 1 aromatic heterocycles. The Morgan fingerprint density at radius 1 is 1.20 bits per heavy atom. The molecule has 1 atom stereocenters. The minimum Gasteiger partial charge on any atom is -0.476 e. The van der Waals surface area contributed by atoms with Gasteiger partial charge in [0.25, 0.3) is 6.04 Å². The van der Waals surface area contributed by atoms with Crippen LogP contribution in [0.4, 0.5) is 0 Å². The molecule has 20 heavy (non-hydrogen) atoms. The monoisotopic (exact) mass is 278 g/mol. The Morgan fingerprint density at radius 2 is 1.85 bits per heavy atom. The molecule has 1 aromatic rings. The van der Waals surface area contributed by atoms with Crippen molar-refractivity contribution >= 4 is 5.97 Å². The summed E-state index contributed by atoms with van der Waals surface area (Å²) in [6.45, 7) is 6.22. The van der Waals surface area contributed by atoms with Crippen molar-refractivity contribution < 1.29 is 14.5 Å². The Hall–Kier alpha value is -1.38. The van der Waals surface area contributed by atoms with Crippen molar-refractivity contribution in [1.82, 2.24) is 0 Å². The molecule has 1 rings (SSSR count). The molecule has 0 spiro atoms. The molecular formula is C17H28NO2+. The first-order valence-corrected chi connectivity index (χ1v) is 7.78. The van der Waals surface area contributed by atoms with Crippen molar-refractivity contribution in [2.45, 2.75) is 71.8 Å². The van der Waals surface area contributed by atoms with Gasteiger partial charge in [0.15, 0.2) is 11.9 Å². The van der Waals surface area contributed by atoms with Gasteiger partial charge in [-0.25, -0.2) is 4.79 Å². The summed E-state index contributed by atoms with van der Waals surface area (Å²) in [7, 11) is 0. The first kappa shape index (κ1) is 16.7. The summed E-state index contributed by atoms with van der Waals surface area (Å²) in [6, 6.07) is 3.52. The molecule has 0 fully saturated rings. The summed E-state index contributed by atoms with van der Waals surface area (Å²) >= 11 is 0. The fourth-order valence-electron chi connectivity index (χ4n) is 2.55. The highest BCUT2D eigenvalue weighted by molar-refractivity contribution is 5.69. The highest BCUT2D eigenvalue weighted by atomic mass is 16.4. The largest absolute Gasteiger partial charge is 0.476 e. The van der Waals surface area contributed by atoms with Crippen molar-refractivity contribution in [3.63, 3.8) is 0 Å². The van der Waals surface area contributed by atoms with E-state index in [9.17, 15) is 9.90 Å². The smallest absolute Gasteiger partial charge is 0.373 e. The average molecular weight is 278 g/mol. The lowest BCUT2D eigenvalue weighted by atomic mass is 10.0. The highest BCUT2D eigenvalue weighted by Crippen LogP contribution is 2.14. The van der Waals surface area contributed by atoms with Crippen molar-refractivity contribution in [3.05, 3.63) is 29.6 Å². The zero-order valence-electron chi connectivity index (χ0n) is 13.1. The molecule has 3 nitrogen and oxygen atoms in total. The van der Waals surface area contributed by atoms with Crippen molar-refractivity contribution in [1.29, 1.82) is 0 Å². The van der Waals surface area contributed by atoms with E-state index in [0.29, 0.717) is 0 Å². The zero-order valence-corrected chi connectivity index (χ0v) is 13.1. The number of aromatic nitrogens is 1. The predicted molar refractivity (Wildman–Crippen MR) is 80.8 cm³/mol. The number of nitrogens with zero attached hydrogens (tertiary/aromatic N) is 1. The lowest BCUT2D eigenvalue weighted by Crippen LogP contribution is -2.46. The second-order valence-corrected chi connectivity index (χ2v) is 5.59. The molecule has 0 aromatic carbocycles. The molecule has 1 unspecified atom stereocenters. The normalized spacial score (nSPS) is 12.3. The third-order valence-corrected chi connectivity index (χ3v) is 4.00. The van der Waals surface area contributed by atoms with Gasteiger partial charge in [-0.05, 0) is 19.4 Å². The van der Waals surface area contributed by atoms with Crippen LogP contribution < -0.4 is 4.57 Å². The summed E-state index contributed by atoms with van der Waals surface area (Å²) in [5.41, 5.74) is 2.19. The van der Waals surface area contributed by atoms with E-state index in [1.165, 1.54) is 25.7 Å². The number of rotatable bonds is 9. The van der Waals surface area contributed by atoms with E-state index in [2.05, 4.69) is 6.92 Å². The van der Waals surface area contributed by atoms with Crippen molar-refractivity contribution in [3.8, 4) is 0 Å². The van der Waals surface area contributed by atoms with Gasteiger partial charge in [-0.1, -0.05) is 39.0 Å². The van der Waals surface area contributed by atoms with E-state index >= 15 is 0 Å². The predicted octanol–water partition coefficient (Wildman–Crippen LogP) is 3.97. The van der Waals surface area contributed by atoms with Gasteiger partial charge in [0, 0.05) is 25.0 Å². The summed E-state index contributed by atoms with van der Waals surface area (Å²) in [6.07, 6.45) is 9.75. The lowest BCUT2D eigenvalue weighted by molar-refractivity contribution is -0.717. The molecular weight excluding hydrogens is 250 g/mol. The topological polar surface area (TPSA) is 41.2 Å². The summed E-state index contributed by atoms with van der Waals surface area (Å²) < 4.78 is 1.91. The molecule has 0 aliphatic carbocycles. The highest BCUT2D eigenvalue weighted by Gasteiger charge is 2.28. The van der Waals surface area contributed by atoms with Crippen LogP contribution in [0.3, 0.4) is 0 Å². The van der Waals surface area contributed by atoms with E-state index in [-0.39, 0.29) is 0 Å². The first-order chi connectivity index (χ1) is 9.57. The number of unbranched alkanes of at least 4 members (excludes halogenated alkanes) is 5. The van der Waals surface area contributed by atoms with Crippen LogP contribution in [0.25, 0.3) is 0 Å². The van der Waals surface area contributed by atoms with E-state index in [1.807, 2.05) is 36.7 Å². The summed E-state index contributed by atoms with van der Waals surface area (Å²) in [4.78, 5) is 11.5. The molecule has 0 aliphatic rings. The Labute approximate surface area is 122 Å². The molecule has 3 heteroatoms. The number of pyridine rings is 1. The van der Waals surface area contributed by atoms with E-state index in [1.54, 1.807) is 0 Å². The summed E-state index contributed by atoms with van der Waals surface area (Å²) in [5, 5.41) is 9.46. The fourth-order valence-corrected chi connectivity index (χ4v) is 2.55. The molecule has 0 amide bonds. The van der Waals surface area contributed by atoms with Gasteiger partial charge in [0.05, 0.1) is 0 Å². The zero-order chi connectivity index (χ0) is 15.0. The maximum Gasteiger partial charge on any atom is 0.373 e. The SMILES string of the molecule is CCCCCCCCC(C(=O)O)[n+]1cccc(C)c1C. The van der Waals surface area contributed by atoms with Crippen LogP contribution in [-0.4, -0.2) is 11.1 Å². The number of carboxylic acids is 1.